The number of rotatable bonds is 3. The minimum atomic E-state index is -0.549. The van der Waals surface area contributed by atoms with Gasteiger partial charge < -0.3 is 0 Å². The molecule has 0 heterocycles. The van der Waals surface area contributed by atoms with Gasteiger partial charge in [-0.25, -0.2) is 9.82 Å². The van der Waals surface area contributed by atoms with Crippen molar-refractivity contribution in [3.8, 4) is 0 Å². The summed E-state index contributed by atoms with van der Waals surface area (Å²) in [6.07, 6.45) is 0. The molecule has 0 saturated heterocycles. The van der Waals surface area contributed by atoms with E-state index in [-0.39, 0.29) is 5.82 Å². The van der Waals surface area contributed by atoms with Gasteiger partial charge in [-0.3, -0.25) is 5.84 Å². The number of halogens is 3. The summed E-state index contributed by atoms with van der Waals surface area (Å²) in [5.41, 5.74) is 4.49. The van der Waals surface area contributed by atoms with Crippen molar-refractivity contribution in [1.82, 2.24) is 5.43 Å². The van der Waals surface area contributed by atoms with Gasteiger partial charge in [-0.1, -0.05) is 35.3 Å². The fourth-order valence-corrected chi connectivity index (χ4v) is 2.36. The molecule has 0 aliphatic heterocycles. The molecule has 100 valence electrons. The van der Waals surface area contributed by atoms with Gasteiger partial charge >= 0.3 is 0 Å². The Balaban J connectivity index is 2.52. The Morgan fingerprint density at radius 1 is 1.11 bits per heavy atom. The third kappa shape index (κ3) is 3.07. The Kier molecular flexibility index (Phi) is 4.42. The maximum atomic E-state index is 14.0. The molecule has 0 spiro atoms. The number of nitrogens with one attached hydrogen (secondary N) is 1. The average Bonchev–Trinajstić information content (AvgIpc) is 2.36. The highest BCUT2D eigenvalue weighted by atomic mass is 35.5. The standard InChI is InChI=1S/C14H13Cl2FN2/c1-8-2-4-10(13(17)6-8)14(19-18)11-7-9(15)3-5-12(11)16/h2-7,14,19H,18H2,1H3. The first-order valence-corrected chi connectivity index (χ1v) is 6.45. The molecule has 0 bridgehead atoms. The van der Waals surface area contributed by atoms with Crippen molar-refractivity contribution in [2.75, 3.05) is 0 Å². The predicted molar refractivity (Wildman–Crippen MR) is 76.8 cm³/mol. The summed E-state index contributed by atoms with van der Waals surface area (Å²) >= 11 is 12.1. The molecular weight excluding hydrogens is 286 g/mol. The molecule has 0 aliphatic carbocycles. The summed E-state index contributed by atoms with van der Waals surface area (Å²) < 4.78 is 14.0. The molecule has 0 amide bonds. The largest absolute Gasteiger partial charge is 0.271 e. The number of hydrogen-bond donors (Lipinski definition) is 2. The molecular formula is C14H13Cl2FN2. The third-order valence-electron chi connectivity index (χ3n) is 2.90. The SMILES string of the molecule is Cc1ccc(C(NN)c2cc(Cl)ccc2Cl)c(F)c1. The molecule has 0 saturated carbocycles. The first kappa shape index (κ1) is 14.3. The van der Waals surface area contributed by atoms with E-state index in [4.69, 9.17) is 29.0 Å². The number of hydrogen-bond acceptors (Lipinski definition) is 2. The molecule has 0 aliphatic rings. The molecule has 0 fully saturated rings. The lowest BCUT2D eigenvalue weighted by molar-refractivity contribution is 0.559. The summed E-state index contributed by atoms with van der Waals surface area (Å²) in [6, 6.07) is 9.42. The van der Waals surface area contributed by atoms with Crippen LogP contribution in [0, 0.1) is 12.7 Å². The molecule has 2 nitrogen and oxygen atoms in total. The van der Waals surface area contributed by atoms with E-state index in [1.165, 1.54) is 6.07 Å². The fraction of sp³-hybridized carbons (Fsp3) is 0.143. The summed E-state index contributed by atoms with van der Waals surface area (Å²) in [7, 11) is 0. The van der Waals surface area contributed by atoms with Crippen LogP contribution in [0.2, 0.25) is 10.0 Å². The van der Waals surface area contributed by atoms with Crippen LogP contribution in [0.15, 0.2) is 36.4 Å². The van der Waals surface area contributed by atoms with Crippen LogP contribution in [-0.2, 0) is 0 Å². The van der Waals surface area contributed by atoms with Crippen LogP contribution in [0.3, 0.4) is 0 Å². The zero-order valence-corrected chi connectivity index (χ0v) is 11.8. The molecule has 3 N–H and O–H groups in total. The highest BCUT2D eigenvalue weighted by Gasteiger charge is 2.19. The van der Waals surface area contributed by atoms with Crippen molar-refractivity contribution in [2.45, 2.75) is 13.0 Å². The van der Waals surface area contributed by atoms with Crippen molar-refractivity contribution < 1.29 is 4.39 Å². The van der Waals surface area contributed by atoms with E-state index < -0.39 is 6.04 Å². The zero-order valence-electron chi connectivity index (χ0n) is 10.3. The second-order valence-corrected chi connectivity index (χ2v) is 5.13. The van der Waals surface area contributed by atoms with Gasteiger partial charge in [-0.15, -0.1) is 0 Å². The number of aryl methyl sites for hydroxylation is 1. The van der Waals surface area contributed by atoms with Crippen molar-refractivity contribution in [2.24, 2.45) is 5.84 Å². The minimum absolute atomic E-state index is 0.334. The maximum absolute atomic E-state index is 14.0. The summed E-state index contributed by atoms with van der Waals surface area (Å²) in [6.45, 7) is 1.82. The summed E-state index contributed by atoms with van der Waals surface area (Å²) in [5.74, 6) is 5.21. The Hall–Kier alpha value is -1.13. The van der Waals surface area contributed by atoms with E-state index in [1.807, 2.05) is 13.0 Å². The van der Waals surface area contributed by atoms with E-state index in [0.29, 0.717) is 21.2 Å². The molecule has 2 aromatic carbocycles. The summed E-state index contributed by atoms with van der Waals surface area (Å²) in [4.78, 5) is 0. The maximum Gasteiger partial charge on any atom is 0.128 e. The smallest absolute Gasteiger partial charge is 0.128 e. The highest BCUT2D eigenvalue weighted by Crippen LogP contribution is 2.31. The lowest BCUT2D eigenvalue weighted by atomic mass is 9.98. The van der Waals surface area contributed by atoms with Crippen molar-refractivity contribution in [3.05, 3.63) is 69.0 Å². The van der Waals surface area contributed by atoms with Crippen LogP contribution >= 0.6 is 23.2 Å². The number of nitrogens with two attached hydrogens (primary N) is 1. The van der Waals surface area contributed by atoms with E-state index in [0.717, 1.165) is 5.56 Å². The Morgan fingerprint density at radius 2 is 1.84 bits per heavy atom. The van der Waals surface area contributed by atoms with Crippen LogP contribution in [0.5, 0.6) is 0 Å². The number of benzene rings is 2. The van der Waals surface area contributed by atoms with Crippen LogP contribution in [0.25, 0.3) is 0 Å². The lowest BCUT2D eigenvalue weighted by Gasteiger charge is -2.19. The van der Waals surface area contributed by atoms with E-state index in [9.17, 15) is 4.39 Å². The van der Waals surface area contributed by atoms with E-state index >= 15 is 0 Å². The lowest BCUT2D eigenvalue weighted by Crippen LogP contribution is -2.29. The molecule has 5 heteroatoms. The molecule has 1 unspecified atom stereocenters. The normalized spacial score (nSPS) is 12.5. The van der Waals surface area contributed by atoms with Gasteiger partial charge in [0.25, 0.3) is 0 Å². The van der Waals surface area contributed by atoms with Crippen LogP contribution < -0.4 is 11.3 Å². The van der Waals surface area contributed by atoms with Crippen LogP contribution in [-0.4, -0.2) is 0 Å². The molecule has 0 aromatic heterocycles. The molecule has 1 atom stereocenters. The van der Waals surface area contributed by atoms with Crippen molar-refractivity contribution >= 4 is 23.2 Å². The molecule has 19 heavy (non-hydrogen) atoms. The molecule has 2 aromatic rings. The van der Waals surface area contributed by atoms with Gasteiger partial charge in [-0.05, 0) is 42.3 Å². The second kappa shape index (κ2) is 5.88. The van der Waals surface area contributed by atoms with Gasteiger partial charge in [0, 0.05) is 15.6 Å². The minimum Gasteiger partial charge on any atom is -0.271 e. The first-order valence-electron chi connectivity index (χ1n) is 5.70. The predicted octanol–water partition coefficient (Wildman–Crippen LogP) is 3.99. The van der Waals surface area contributed by atoms with Crippen LogP contribution in [0.1, 0.15) is 22.7 Å². The van der Waals surface area contributed by atoms with Gasteiger partial charge in [0.1, 0.15) is 5.82 Å². The Bertz CT molecular complexity index is 602. The molecule has 0 radical (unpaired) electrons. The Morgan fingerprint density at radius 3 is 2.47 bits per heavy atom. The van der Waals surface area contributed by atoms with Gasteiger partial charge in [0.2, 0.25) is 0 Å². The zero-order chi connectivity index (χ0) is 14.0. The highest BCUT2D eigenvalue weighted by molar-refractivity contribution is 6.33. The first-order chi connectivity index (χ1) is 9.02. The Labute approximate surface area is 121 Å². The second-order valence-electron chi connectivity index (χ2n) is 4.29. The van der Waals surface area contributed by atoms with Crippen molar-refractivity contribution in [3.63, 3.8) is 0 Å². The monoisotopic (exact) mass is 298 g/mol. The van der Waals surface area contributed by atoms with Gasteiger partial charge in [0.15, 0.2) is 0 Å². The average molecular weight is 299 g/mol. The van der Waals surface area contributed by atoms with Crippen molar-refractivity contribution in [1.29, 1.82) is 0 Å². The van der Waals surface area contributed by atoms with E-state index in [1.54, 1.807) is 24.3 Å². The van der Waals surface area contributed by atoms with Gasteiger partial charge in [-0.2, -0.15) is 0 Å². The number of hydrazine groups is 1. The van der Waals surface area contributed by atoms with Gasteiger partial charge in [0.05, 0.1) is 6.04 Å². The fourth-order valence-electron chi connectivity index (χ4n) is 1.95. The summed E-state index contributed by atoms with van der Waals surface area (Å²) in [5, 5.41) is 1.000. The molecule has 2 rings (SSSR count). The quantitative estimate of drug-likeness (QED) is 0.664. The third-order valence-corrected chi connectivity index (χ3v) is 3.48. The van der Waals surface area contributed by atoms with E-state index in [2.05, 4.69) is 5.43 Å². The topological polar surface area (TPSA) is 38.0 Å². The van der Waals surface area contributed by atoms with Crippen LogP contribution in [0.4, 0.5) is 4.39 Å².